The summed E-state index contributed by atoms with van der Waals surface area (Å²) in [7, 11) is -3.71. The van der Waals surface area contributed by atoms with Crippen LogP contribution in [-0.2, 0) is 10.0 Å². The topological polar surface area (TPSA) is 81.1 Å². The molecule has 24 heavy (non-hydrogen) atoms. The first-order valence-electron chi connectivity index (χ1n) is 7.24. The second-order valence-corrected chi connectivity index (χ2v) is 6.83. The van der Waals surface area contributed by atoms with E-state index in [0.29, 0.717) is 5.56 Å². The molecule has 0 saturated heterocycles. The van der Waals surface area contributed by atoms with Crippen LogP contribution in [-0.4, -0.2) is 30.5 Å². The molecule has 3 rings (SSSR count). The summed E-state index contributed by atoms with van der Waals surface area (Å²) in [6.07, 6.45) is 3.41. The van der Waals surface area contributed by atoms with Crippen LogP contribution in [0.2, 0.25) is 0 Å². The highest BCUT2D eigenvalue weighted by atomic mass is 32.2. The van der Waals surface area contributed by atoms with Gasteiger partial charge in [-0.15, -0.1) is 0 Å². The number of nitrogens with zero attached hydrogens (tertiary/aromatic N) is 2. The van der Waals surface area contributed by atoms with E-state index >= 15 is 0 Å². The minimum absolute atomic E-state index is 0.128. The normalized spacial score (nSPS) is 11.3. The van der Waals surface area contributed by atoms with E-state index in [1.165, 1.54) is 12.1 Å². The van der Waals surface area contributed by atoms with Gasteiger partial charge in [0.05, 0.1) is 17.1 Å². The van der Waals surface area contributed by atoms with E-state index in [-0.39, 0.29) is 17.2 Å². The predicted octanol–water partition coefficient (Wildman–Crippen LogP) is 2.03. The molecule has 0 aliphatic heterocycles. The molecule has 6 nitrogen and oxygen atoms in total. The lowest BCUT2D eigenvalue weighted by Crippen LogP contribution is -2.29. The fraction of sp³-hybridized carbons (Fsp3) is 0.0588. The zero-order chi connectivity index (χ0) is 17.0. The van der Waals surface area contributed by atoms with Crippen LogP contribution in [0.5, 0.6) is 0 Å². The number of carbonyl (C=O) groups is 1. The average Bonchev–Trinajstić information content (AvgIpc) is 3.15. The lowest BCUT2D eigenvalue weighted by molar-refractivity contribution is 0.0997. The van der Waals surface area contributed by atoms with Gasteiger partial charge >= 0.3 is 0 Å². The molecule has 0 amide bonds. The molecular formula is C17H15N3O3S. The van der Waals surface area contributed by atoms with Crippen molar-refractivity contribution in [2.45, 2.75) is 4.90 Å². The van der Waals surface area contributed by atoms with Crippen molar-refractivity contribution in [3.63, 3.8) is 0 Å². The lowest BCUT2D eigenvalue weighted by Gasteiger charge is -2.07. The Hall–Kier alpha value is -2.77. The van der Waals surface area contributed by atoms with Crippen LogP contribution in [0.15, 0.2) is 78.0 Å². The summed E-state index contributed by atoms with van der Waals surface area (Å²) in [6.45, 7) is -0.306. The molecular weight excluding hydrogens is 326 g/mol. The largest absolute Gasteiger partial charge is 0.293 e. The van der Waals surface area contributed by atoms with Crippen molar-refractivity contribution in [2.75, 3.05) is 6.54 Å². The third kappa shape index (κ3) is 3.58. The Labute approximate surface area is 139 Å². The van der Waals surface area contributed by atoms with Gasteiger partial charge in [0.2, 0.25) is 10.0 Å². The van der Waals surface area contributed by atoms with E-state index in [0.717, 1.165) is 5.69 Å². The third-order valence-corrected chi connectivity index (χ3v) is 4.83. The van der Waals surface area contributed by atoms with Gasteiger partial charge in [-0.3, -0.25) is 4.79 Å². The van der Waals surface area contributed by atoms with Gasteiger partial charge in [0.15, 0.2) is 5.78 Å². The predicted molar refractivity (Wildman–Crippen MR) is 89.5 cm³/mol. The molecule has 0 atom stereocenters. The quantitative estimate of drug-likeness (QED) is 0.696. The fourth-order valence-electron chi connectivity index (χ4n) is 2.19. The number of benzene rings is 2. The lowest BCUT2D eigenvalue weighted by atomic mass is 10.1. The van der Waals surface area contributed by atoms with Crippen molar-refractivity contribution in [3.8, 4) is 5.69 Å². The van der Waals surface area contributed by atoms with E-state index in [2.05, 4.69) is 9.82 Å². The molecule has 1 heterocycles. The van der Waals surface area contributed by atoms with Crippen molar-refractivity contribution < 1.29 is 13.2 Å². The van der Waals surface area contributed by atoms with Gasteiger partial charge in [0.25, 0.3) is 0 Å². The van der Waals surface area contributed by atoms with E-state index in [9.17, 15) is 13.2 Å². The summed E-state index contributed by atoms with van der Waals surface area (Å²) in [5.41, 5.74) is 1.15. The van der Waals surface area contributed by atoms with Gasteiger partial charge in [0.1, 0.15) is 0 Å². The molecule has 0 radical (unpaired) electrons. The van der Waals surface area contributed by atoms with Gasteiger partial charge in [-0.05, 0) is 30.3 Å². The highest BCUT2D eigenvalue weighted by Gasteiger charge is 2.16. The Bertz CT molecular complexity index is 936. The highest BCUT2D eigenvalue weighted by molar-refractivity contribution is 7.89. The Morgan fingerprint density at radius 1 is 1.04 bits per heavy atom. The zero-order valence-electron chi connectivity index (χ0n) is 12.7. The van der Waals surface area contributed by atoms with Crippen molar-refractivity contribution in [1.82, 2.24) is 14.5 Å². The molecule has 0 spiro atoms. The number of ketones is 1. The summed E-state index contributed by atoms with van der Waals surface area (Å²) in [5.74, 6) is -0.316. The maximum Gasteiger partial charge on any atom is 0.240 e. The Morgan fingerprint density at radius 2 is 1.83 bits per heavy atom. The molecule has 7 heteroatoms. The summed E-state index contributed by atoms with van der Waals surface area (Å²) < 4.78 is 28.2. The van der Waals surface area contributed by atoms with E-state index < -0.39 is 10.0 Å². The minimum Gasteiger partial charge on any atom is -0.293 e. The monoisotopic (exact) mass is 341 g/mol. The van der Waals surface area contributed by atoms with Crippen LogP contribution in [0.3, 0.4) is 0 Å². The minimum atomic E-state index is -3.71. The van der Waals surface area contributed by atoms with Crippen LogP contribution < -0.4 is 4.72 Å². The zero-order valence-corrected chi connectivity index (χ0v) is 13.5. The van der Waals surface area contributed by atoms with E-state index in [1.54, 1.807) is 59.5 Å². The SMILES string of the molecule is O=C(CNS(=O)(=O)c1ccccc1)c1cccc(-n2cccn2)c1. The van der Waals surface area contributed by atoms with Crippen LogP contribution >= 0.6 is 0 Å². The molecule has 1 aromatic heterocycles. The molecule has 2 aromatic carbocycles. The van der Waals surface area contributed by atoms with Crippen molar-refractivity contribution in [1.29, 1.82) is 0 Å². The summed E-state index contributed by atoms with van der Waals surface area (Å²) in [6, 6.07) is 16.6. The van der Waals surface area contributed by atoms with Gasteiger partial charge in [-0.25, -0.2) is 17.8 Å². The summed E-state index contributed by atoms with van der Waals surface area (Å²) in [5, 5.41) is 4.11. The standard InChI is InChI=1S/C17H15N3O3S/c21-17(13-19-24(22,23)16-8-2-1-3-9-16)14-6-4-7-15(12-14)20-11-5-10-18-20/h1-12,19H,13H2. The first kappa shape index (κ1) is 16.1. The molecule has 1 N–H and O–H groups in total. The molecule has 0 fully saturated rings. The van der Waals surface area contributed by atoms with Gasteiger partial charge in [-0.1, -0.05) is 30.3 Å². The van der Waals surface area contributed by atoms with Crippen molar-refractivity contribution in [3.05, 3.63) is 78.6 Å². The van der Waals surface area contributed by atoms with Crippen LogP contribution in [0, 0.1) is 0 Å². The highest BCUT2D eigenvalue weighted by Crippen LogP contribution is 2.11. The van der Waals surface area contributed by atoms with Gasteiger partial charge in [0, 0.05) is 18.0 Å². The Kier molecular flexibility index (Phi) is 4.54. The number of hydrogen-bond acceptors (Lipinski definition) is 4. The molecule has 0 aliphatic rings. The number of hydrogen-bond donors (Lipinski definition) is 1. The number of Topliss-reactive ketones (excluding diaryl/α,β-unsaturated/α-hetero) is 1. The second-order valence-electron chi connectivity index (χ2n) is 5.06. The second kappa shape index (κ2) is 6.77. The number of sulfonamides is 1. The summed E-state index contributed by atoms with van der Waals surface area (Å²) >= 11 is 0. The molecule has 122 valence electrons. The van der Waals surface area contributed by atoms with E-state index in [1.807, 2.05) is 6.07 Å². The maximum absolute atomic E-state index is 12.3. The van der Waals surface area contributed by atoms with Crippen molar-refractivity contribution >= 4 is 15.8 Å². The number of rotatable bonds is 6. The summed E-state index contributed by atoms with van der Waals surface area (Å²) in [4.78, 5) is 12.4. The molecule has 0 saturated carbocycles. The fourth-order valence-corrected chi connectivity index (χ4v) is 3.19. The van der Waals surface area contributed by atoms with Crippen molar-refractivity contribution in [2.24, 2.45) is 0 Å². The first-order chi connectivity index (χ1) is 11.6. The number of aromatic nitrogens is 2. The average molecular weight is 341 g/mol. The Morgan fingerprint density at radius 3 is 2.54 bits per heavy atom. The molecule has 3 aromatic rings. The first-order valence-corrected chi connectivity index (χ1v) is 8.72. The maximum atomic E-state index is 12.3. The number of nitrogens with one attached hydrogen (secondary N) is 1. The third-order valence-electron chi connectivity index (χ3n) is 3.41. The molecule has 0 aliphatic carbocycles. The molecule has 0 unspecified atom stereocenters. The van der Waals surface area contributed by atoms with E-state index in [4.69, 9.17) is 0 Å². The van der Waals surface area contributed by atoms with Gasteiger partial charge < -0.3 is 0 Å². The Balaban J connectivity index is 1.73. The van der Waals surface area contributed by atoms with Crippen LogP contribution in [0.4, 0.5) is 0 Å². The van der Waals surface area contributed by atoms with Crippen LogP contribution in [0.1, 0.15) is 10.4 Å². The number of carbonyl (C=O) groups excluding carboxylic acids is 1. The van der Waals surface area contributed by atoms with Crippen LogP contribution in [0.25, 0.3) is 5.69 Å². The van der Waals surface area contributed by atoms with Gasteiger partial charge in [-0.2, -0.15) is 5.10 Å². The smallest absolute Gasteiger partial charge is 0.240 e. The molecule has 0 bridgehead atoms.